The Morgan fingerprint density at radius 1 is 1.06 bits per heavy atom. The molecule has 0 aliphatic heterocycles. The lowest BCUT2D eigenvalue weighted by Crippen LogP contribution is -2.04. The molecule has 3 heteroatoms. The molecule has 2 rings (SSSR count). The van der Waals surface area contributed by atoms with Gasteiger partial charge in [-0.25, -0.2) is 0 Å². The van der Waals surface area contributed by atoms with Crippen molar-refractivity contribution in [1.82, 2.24) is 0 Å². The van der Waals surface area contributed by atoms with Crippen molar-refractivity contribution in [3.8, 4) is 11.5 Å². The third-order valence-electron chi connectivity index (χ3n) is 3.28. The van der Waals surface area contributed by atoms with Gasteiger partial charge in [0.05, 0.1) is 14.2 Å². The van der Waals surface area contributed by atoms with E-state index in [1.165, 1.54) is 5.56 Å². The van der Waals surface area contributed by atoms with Crippen LogP contribution in [0.25, 0.3) is 5.57 Å². The molecule has 0 aromatic heterocycles. The molecule has 0 saturated heterocycles. The summed E-state index contributed by atoms with van der Waals surface area (Å²) < 4.78 is 10.6. The summed E-state index contributed by atoms with van der Waals surface area (Å²) in [7, 11) is 3.26. The highest BCUT2D eigenvalue weighted by atomic mass is 16.5. The first kappa shape index (κ1) is 12.7. The van der Waals surface area contributed by atoms with E-state index in [4.69, 9.17) is 9.47 Å². The monoisotopic (exact) mass is 246 g/mol. The van der Waals surface area contributed by atoms with Gasteiger partial charge in [0.15, 0.2) is 17.3 Å². The fourth-order valence-corrected chi connectivity index (χ4v) is 2.34. The first-order valence-electron chi connectivity index (χ1n) is 6.12. The van der Waals surface area contributed by atoms with Gasteiger partial charge in [-0.05, 0) is 54.7 Å². The molecule has 0 radical (unpaired) electrons. The number of allylic oxidation sites excluding steroid dienone is 2. The maximum atomic E-state index is 11.6. The average Bonchev–Trinajstić information content (AvgIpc) is 2.36. The molecule has 0 amide bonds. The SMILES string of the molecule is COc1cc2c(cc1OC)/C(C)=C\C(=O)CCC2. The zero-order chi connectivity index (χ0) is 13.1. The maximum Gasteiger partial charge on any atom is 0.161 e. The predicted octanol–water partition coefficient (Wildman–Crippen LogP) is 3.01. The second kappa shape index (κ2) is 5.25. The molecular weight excluding hydrogens is 228 g/mol. The van der Waals surface area contributed by atoms with Crippen LogP contribution >= 0.6 is 0 Å². The average molecular weight is 246 g/mol. The van der Waals surface area contributed by atoms with E-state index in [0.717, 1.165) is 29.7 Å². The van der Waals surface area contributed by atoms with Gasteiger partial charge in [-0.3, -0.25) is 4.79 Å². The first-order chi connectivity index (χ1) is 8.65. The summed E-state index contributed by atoms with van der Waals surface area (Å²) in [5.41, 5.74) is 3.30. The number of fused-ring (bicyclic) bond motifs is 1. The van der Waals surface area contributed by atoms with E-state index >= 15 is 0 Å². The van der Waals surface area contributed by atoms with E-state index in [1.54, 1.807) is 20.3 Å². The summed E-state index contributed by atoms with van der Waals surface area (Å²) in [5.74, 6) is 1.65. The van der Waals surface area contributed by atoms with Gasteiger partial charge in [0.2, 0.25) is 0 Å². The minimum absolute atomic E-state index is 0.202. The van der Waals surface area contributed by atoms with E-state index in [9.17, 15) is 4.79 Å². The zero-order valence-corrected chi connectivity index (χ0v) is 11.1. The molecule has 3 nitrogen and oxygen atoms in total. The lowest BCUT2D eigenvalue weighted by atomic mass is 9.92. The van der Waals surface area contributed by atoms with Crippen LogP contribution in [0.15, 0.2) is 18.2 Å². The van der Waals surface area contributed by atoms with Gasteiger partial charge in [0, 0.05) is 6.42 Å². The van der Waals surface area contributed by atoms with Crippen molar-refractivity contribution in [2.75, 3.05) is 14.2 Å². The van der Waals surface area contributed by atoms with Crippen LogP contribution < -0.4 is 9.47 Å². The number of hydrogen-bond acceptors (Lipinski definition) is 3. The van der Waals surface area contributed by atoms with E-state index in [1.807, 2.05) is 19.1 Å². The van der Waals surface area contributed by atoms with Gasteiger partial charge < -0.3 is 9.47 Å². The van der Waals surface area contributed by atoms with E-state index in [2.05, 4.69) is 0 Å². The molecule has 0 atom stereocenters. The van der Waals surface area contributed by atoms with Crippen LogP contribution in [0.3, 0.4) is 0 Å². The van der Waals surface area contributed by atoms with Gasteiger partial charge in [-0.1, -0.05) is 0 Å². The minimum Gasteiger partial charge on any atom is -0.493 e. The van der Waals surface area contributed by atoms with Gasteiger partial charge >= 0.3 is 0 Å². The van der Waals surface area contributed by atoms with Crippen LogP contribution in [0, 0.1) is 0 Å². The zero-order valence-electron chi connectivity index (χ0n) is 11.1. The van der Waals surface area contributed by atoms with Crippen molar-refractivity contribution < 1.29 is 14.3 Å². The molecule has 0 saturated carbocycles. The van der Waals surface area contributed by atoms with E-state index in [0.29, 0.717) is 12.2 Å². The van der Waals surface area contributed by atoms with Gasteiger partial charge in [0.25, 0.3) is 0 Å². The molecule has 1 aliphatic rings. The smallest absolute Gasteiger partial charge is 0.161 e. The fourth-order valence-electron chi connectivity index (χ4n) is 2.34. The van der Waals surface area contributed by atoms with E-state index < -0.39 is 0 Å². The normalized spacial score (nSPS) is 18.2. The lowest BCUT2D eigenvalue weighted by Gasteiger charge is -2.17. The van der Waals surface area contributed by atoms with Gasteiger partial charge in [-0.2, -0.15) is 0 Å². The summed E-state index contributed by atoms with van der Waals surface area (Å²) in [6.07, 6.45) is 4.12. The Bertz CT molecular complexity index is 501. The van der Waals surface area contributed by atoms with Crippen LogP contribution in [0.2, 0.25) is 0 Å². The molecule has 0 heterocycles. The summed E-state index contributed by atoms with van der Waals surface area (Å²) in [6, 6.07) is 3.97. The molecule has 96 valence electrons. The Morgan fingerprint density at radius 2 is 1.72 bits per heavy atom. The highest BCUT2D eigenvalue weighted by Gasteiger charge is 2.15. The minimum atomic E-state index is 0.202. The van der Waals surface area contributed by atoms with Crippen LogP contribution in [-0.2, 0) is 11.2 Å². The fraction of sp³-hybridized carbons (Fsp3) is 0.400. The molecular formula is C15H18O3. The van der Waals surface area contributed by atoms with Gasteiger partial charge in [-0.15, -0.1) is 0 Å². The standard InChI is InChI=1S/C15H18O3/c1-10-7-12(16)6-4-5-11-8-14(17-2)15(18-3)9-13(10)11/h7-9H,4-6H2,1-3H3/b10-7-. The number of benzene rings is 1. The topological polar surface area (TPSA) is 35.5 Å². The number of carbonyl (C=O) groups is 1. The Labute approximate surface area is 107 Å². The lowest BCUT2D eigenvalue weighted by molar-refractivity contribution is -0.114. The van der Waals surface area contributed by atoms with Crippen molar-refractivity contribution in [2.45, 2.75) is 26.2 Å². The second-order valence-electron chi connectivity index (χ2n) is 4.51. The molecule has 1 aromatic rings. The van der Waals surface area contributed by atoms with Crippen molar-refractivity contribution in [1.29, 1.82) is 0 Å². The predicted molar refractivity (Wildman–Crippen MR) is 71.1 cm³/mol. The Kier molecular flexibility index (Phi) is 3.70. The molecule has 0 unspecified atom stereocenters. The summed E-state index contributed by atoms with van der Waals surface area (Å²) >= 11 is 0. The number of hydrogen-bond donors (Lipinski definition) is 0. The van der Waals surface area contributed by atoms with Crippen molar-refractivity contribution in [3.05, 3.63) is 29.3 Å². The molecule has 0 N–H and O–H groups in total. The molecule has 0 spiro atoms. The molecule has 18 heavy (non-hydrogen) atoms. The second-order valence-corrected chi connectivity index (χ2v) is 4.51. The number of rotatable bonds is 2. The van der Waals surface area contributed by atoms with Crippen LogP contribution in [0.4, 0.5) is 0 Å². The van der Waals surface area contributed by atoms with Crippen LogP contribution in [-0.4, -0.2) is 20.0 Å². The molecule has 1 aromatic carbocycles. The summed E-state index contributed by atoms with van der Waals surface area (Å²) in [6.45, 7) is 1.97. The number of carbonyl (C=O) groups excluding carboxylic acids is 1. The third-order valence-corrected chi connectivity index (χ3v) is 3.28. The number of methoxy groups -OCH3 is 2. The van der Waals surface area contributed by atoms with E-state index in [-0.39, 0.29) is 5.78 Å². The largest absolute Gasteiger partial charge is 0.493 e. The Balaban J connectivity index is 2.56. The first-order valence-corrected chi connectivity index (χ1v) is 6.12. The molecule has 1 aliphatic carbocycles. The number of ketones is 1. The highest BCUT2D eigenvalue weighted by molar-refractivity contribution is 5.97. The highest BCUT2D eigenvalue weighted by Crippen LogP contribution is 2.35. The molecule has 0 bridgehead atoms. The van der Waals surface area contributed by atoms with Crippen LogP contribution in [0.1, 0.15) is 30.9 Å². The quantitative estimate of drug-likeness (QED) is 0.804. The van der Waals surface area contributed by atoms with Crippen molar-refractivity contribution in [3.63, 3.8) is 0 Å². The van der Waals surface area contributed by atoms with Crippen LogP contribution in [0.5, 0.6) is 11.5 Å². The number of aryl methyl sites for hydroxylation is 1. The Hall–Kier alpha value is -1.77. The third kappa shape index (κ3) is 2.40. The number of ether oxygens (including phenoxy) is 2. The van der Waals surface area contributed by atoms with Gasteiger partial charge in [0.1, 0.15) is 0 Å². The molecule has 0 fully saturated rings. The Morgan fingerprint density at radius 3 is 2.39 bits per heavy atom. The van der Waals surface area contributed by atoms with Crippen molar-refractivity contribution >= 4 is 11.4 Å². The maximum absolute atomic E-state index is 11.6. The van der Waals surface area contributed by atoms with Crippen molar-refractivity contribution in [2.24, 2.45) is 0 Å². The summed E-state index contributed by atoms with van der Waals surface area (Å²) in [5, 5.41) is 0. The summed E-state index contributed by atoms with van der Waals surface area (Å²) in [4.78, 5) is 11.6.